The van der Waals surface area contributed by atoms with E-state index in [1.165, 1.54) is 0 Å². The van der Waals surface area contributed by atoms with Crippen LogP contribution in [0.15, 0.2) is 48.5 Å². The van der Waals surface area contributed by atoms with Crippen molar-refractivity contribution in [3.05, 3.63) is 48.5 Å². The van der Waals surface area contributed by atoms with Gasteiger partial charge in [0.05, 0.1) is 26.4 Å². The molecule has 3 aromatic rings. The molecule has 0 aliphatic heterocycles. The van der Waals surface area contributed by atoms with Gasteiger partial charge < -0.3 is 18.9 Å². The highest BCUT2D eigenvalue weighted by molar-refractivity contribution is 6.11. The monoisotopic (exact) mass is 578 g/mol. The molecule has 0 saturated heterocycles. The maximum atomic E-state index is 11.5. The van der Waals surface area contributed by atoms with Crippen molar-refractivity contribution in [3.8, 4) is 11.5 Å². The molecule has 0 aliphatic carbocycles. The Labute approximate surface area is 252 Å². The third kappa shape index (κ3) is 11.2. The van der Waals surface area contributed by atoms with Crippen LogP contribution < -0.4 is 9.47 Å². The first-order valence-corrected chi connectivity index (χ1v) is 16.2. The van der Waals surface area contributed by atoms with Crippen molar-refractivity contribution in [2.75, 3.05) is 26.4 Å². The molecule has 3 rings (SSSR count). The van der Waals surface area contributed by atoms with Gasteiger partial charge in [-0.2, -0.15) is 0 Å². The smallest absolute Gasteiger partial charge is 0.305 e. The maximum absolute atomic E-state index is 11.5. The van der Waals surface area contributed by atoms with Gasteiger partial charge >= 0.3 is 11.9 Å². The zero-order valence-electron chi connectivity index (χ0n) is 25.8. The van der Waals surface area contributed by atoms with Crippen molar-refractivity contribution in [2.24, 2.45) is 0 Å². The second kappa shape index (κ2) is 19.8. The molecular formula is C36H50O6. The third-order valence-corrected chi connectivity index (χ3v) is 7.49. The second-order valence-corrected chi connectivity index (χ2v) is 10.8. The van der Waals surface area contributed by atoms with Gasteiger partial charge in [-0.3, -0.25) is 9.59 Å². The molecule has 0 saturated carbocycles. The normalized spacial score (nSPS) is 11.1. The molecule has 230 valence electrons. The molecule has 0 heterocycles. The van der Waals surface area contributed by atoms with E-state index in [4.69, 9.17) is 18.9 Å². The largest absolute Gasteiger partial charge is 0.492 e. The first kappa shape index (κ1) is 33.2. The number of rotatable bonds is 22. The van der Waals surface area contributed by atoms with E-state index >= 15 is 0 Å². The zero-order valence-corrected chi connectivity index (χ0v) is 25.8. The molecule has 0 fully saturated rings. The lowest BCUT2D eigenvalue weighted by Crippen LogP contribution is -2.03. The summed E-state index contributed by atoms with van der Waals surface area (Å²) in [4.78, 5) is 22.9. The average molecular weight is 579 g/mol. The van der Waals surface area contributed by atoms with Crippen molar-refractivity contribution >= 4 is 33.5 Å². The first-order valence-electron chi connectivity index (χ1n) is 16.2. The summed E-state index contributed by atoms with van der Waals surface area (Å²) < 4.78 is 22.9. The maximum Gasteiger partial charge on any atom is 0.305 e. The van der Waals surface area contributed by atoms with E-state index in [1.54, 1.807) is 0 Å². The van der Waals surface area contributed by atoms with E-state index in [1.807, 2.05) is 13.8 Å². The number of carbonyl (C=O) groups excluding carboxylic acids is 2. The molecule has 6 heteroatoms. The SMILES string of the molecule is CCOC(=O)CCCCCCCCOc1c2ccccc2c(OCCCCCCCCC(=O)OCC)c2ccccc12. The lowest BCUT2D eigenvalue weighted by Gasteiger charge is -2.18. The quantitative estimate of drug-likeness (QED) is 0.0672. The van der Waals surface area contributed by atoms with Crippen LogP contribution in [0.4, 0.5) is 0 Å². The van der Waals surface area contributed by atoms with E-state index in [2.05, 4.69) is 48.5 Å². The van der Waals surface area contributed by atoms with Crippen LogP contribution in [0.2, 0.25) is 0 Å². The molecule has 3 aromatic carbocycles. The Morgan fingerprint density at radius 1 is 0.476 bits per heavy atom. The van der Waals surface area contributed by atoms with Crippen LogP contribution >= 0.6 is 0 Å². The van der Waals surface area contributed by atoms with Crippen molar-refractivity contribution in [1.82, 2.24) is 0 Å². The minimum Gasteiger partial charge on any atom is -0.492 e. The van der Waals surface area contributed by atoms with Crippen molar-refractivity contribution in [3.63, 3.8) is 0 Å². The van der Waals surface area contributed by atoms with Gasteiger partial charge in [-0.25, -0.2) is 0 Å². The Balaban J connectivity index is 1.47. The number of ether oxygens (including phenoxy) is 4. The molecule has 0 amide bonds. The van der Waals surface area contributed by atoms with Crippen molar-refractivity contribution in [1.29, 1.82) is 0 Å². The minimum atomic E-state index is -0.0856. The Morgan fingerprint density at radius 2 is 0.786 bits per heavy atom. The van der Waals surface area contributed by atoms with Crippen LogP contribution in [0, 0.1) is 0 Å². The van der Waals surface area contributed by atoms with Gasteiger partial charge in [0.2, 0.25) is 0 Å². The Morgan fingerprint density at radius 3 is 1.12 bits per heavy atom. The summed E-state index contributed by atoms with van der Waals surface area (Å²) in [5, 5.41) is 4.36. The Hall–Kier alpha value is -3.28. The highest BCUT2D eigenvalue weighted by atomic mass is 16.5. The van der Waals surface area contributed by atoms with Gasteiger partial charge in [-0.05, 0) is 39.5 Å². The molecule has 0 unspecified atom stereocenters. The summed E-state index contributed by atoms with van der Waals surface area (Å²) in [5.41, 5.74) is 0. The lowest BCUT2D eigenvalue weighted by molar-refractivity contribution is -0.144. The van der Waals surface area contributed by atoms with Gasteiger partial charge in [0.1, 0.15) is 11.5 Å². The molecule has 0 N–H and O–H groups in total. The molecule has 0 aliphatic rings. The fourth-order valence-corrected chi connectivity index (χ4v) is 5.33. The summed E-state index contributed by atoms with van der Waals surface area (Å²) in [6.07, 6.45) is 13.8. The molecule has 0 aromatic heterocycles. The Bertz CT molecular complexity index is 1070. The number of carbonyl (C=O) groups is 2. The van der Waals surface area contributed by atoms with Gasteiger partial charge in [0.25, 0.3) is 0 Å². The zero-order chi connectivity index (χ0) is 29.8. The summed E-state index contributed by atoms with van der Waals surface area (Å²) in [5.74, 6) is 1.70. The number of esters is 2. The minimum absolute atomic E-state index is 0.0856. The Kier molecular flexibility index (Phi) is 15.6. The summed E-state index contributed by atoms with van der Waals surface area (Å²) in [6.45, 7) is 5.97. The molecule has 0 radical (unpaired) electrons. The van der Waals surface area contributed by atoms with Crippen LogP contribution in [0.1, 0.15) is 104 Å². The van der Waals surface area contributed by atoms with Crippen molar-refractivity contribution < 1.29 is 28.5 Å². The number of hydrogen-bond donors (Lipinski definition) is 0. The van der Waals surface area contributed by atoms with Crippen LogP contribution in [0.3, 0.4) is 0 Å². The molecule has 6 nitrogen and oxygen atoms in total. The van der Waals surface area contributed by atoms with E-state index in [0.29, 0.717) is 39.3 Å². The van der Waals surface area contributed by atoms with E-state index in [0.717, 1.165) is 110 Å². The second-order valence-electron chi connectivity index (χ2n) is 10.8. The molecule has 0 spiro atoms. The van der Waals surface area contributed by atoms with Gasteiger partial charge in [0.15, 0.2) is 0 Å². The number of unbranched alkanes of at least 4 members (excludes halogenated alkanes) is 10. The summed E-state index contributed by atoms with van der Waals surface area (Å²) >= 11 is 0. The first-order chi connectivity index (χ1) is 20.7. The molecule has 42 heavy (non-hydrogen) atoms. The van der Waals surface area contributed by atoms with Gasteiger partial charge in [0, 0.05) is 34.4 Å². The fraction of sp³-hybridized carbons (Fsp3) is 0.556. The number of fused-ring (bicyclic) bond motifs is 2. The van der Waals surface area contributed by atoms with E-state index < -0.39 is 0 Å². The lowest BCUT2D eigenvalue weighted by atomic mass is 10.0. The van der Waals surface area contributed by atoms with Gasteiger partial charge in [-0.1, -0.05) is 99.9 Å². The molecular weight excluding hydrogens is 528 g/mol. The van der Waals surface area contributed by atoms with Crippen LogP contribution in [-0.4, -0.2) is 38.4 Å². The highest BCUT2D eigenvalue weighted by Crippen LogP contribution is 2.42. The van der Waals surface area contributed by atoms with E-state index in [-0.39, 0.29) is 11.9 Å². The fourth-order valence-electron chi connectivity index (χ4n) is 5.33. The third-order valence-electron chi connectivity index (χ3n) is 7.49. The standard InChI is InChI=1S/C36H50O6/c1-3-39-33(37)25-13-9-5-7-11-19-27-41-35-29-21-15-17-23-31(29)36(32-24-18-16-22-30(32)35)42-28-20-12-8-6-10-14-26-34(38)40-4-2/h15-18,21-24H,3-14,19-20,25-28H2,1-2H3. The van der Waals surface area contributed by atoms with Crippen LogP contribution in [0.5, 0.6) is 11.5 Å². The van der Waals surface area contributed by atoms with E-state index in [9.17, 15) is 9.59 Å². The van der Waals surface area contributed by atoms with Crippen molar-refractivity contribution in [2.45, 2.75) is 104 Å². The average Bonchev–Trinajstić information content (AvgIpc) is 3.00. The highest BCUT2D eigenvalue weighted by Gasteiger charge is 2.15. The predicted molar refractivity (Wildman–Crippen MR) is 170 cm³/mol. The summed E-state index contributed by atoms with van der Waals surface area (Å²) in [6, 6.07) is 16.8. The van der Waals surface area contributed by atoms with Gasteiger partial charge in [-0.15, -0.1) is 0 Å². The topological polar surface area (TPSA) is 71.1 Å². The molecule has 0 bridgehead atoms. The number of benzene rings is 3. The predicted octanol–water partition coefficient (Wildman–Crippen LogP) is 9.34. The molecule has 0 atom stereocenters. The number of hydrogen-bond acceptors (Lipinski definition) is 6. The van der Waals surface area contributed by atoms with Crippen LogP contribution in [-0.2, 0) is 19.1 Å². The summed E-state index contributed by atoms with van der Waals surface area (Å²) in [7, 11) is 0. The van der Waals surface area contributed by atoms with Crippen LogP contribution in [0.25, 0.3) is 21.5 Å².